The van der Waals surface area contributed by atoms with Crippen LogP contribution >= 0.6 is 0 Å². The van der Waals surface area contributed by atoms with Crippen LogP contribution in [0.25, 0.3) is 0 Å². The molecule has 0 amide bonds. The van der Waals surface area contributed by atoms with E-state index >= 15 is 0 Å². The molecule has 13 heavy (non-hydrogen) atoms. The van der Waals surface area contributed by atoms with Crippen molar-refractivity contribution < 1.29 is 9.90 Å². The number of carboxylic acid groups (broad SMARTS) is 1. The SMILES string of the molecule is Cc1cccc(N)c1CCC(=O)O. The van der Waals surface area contributed by atoms with Crippen LogP contribution in [0.15, 0.2) is 18.2 Å². The van der Waals surface area contributed by atoms with Gasteiger partial charge in [-0.2, -0.15) is 0 Å². The minimum atomic E-state index is -0.789. The molecule has 0 heterocycles. The predicted molar refractivity (Wildman–Crippen MR) is 51.5 cm³/mol. The lowest BCUT2D eigenvalue weighted by Crippen LogP contribution is -2.02. The lowest BCUT2D eigenvalue weighted by molar-refractivity contribution is -0.136. The fraction of sp³-hybridized carbons (Fsp3) is 0.300. The summed E-state index contributed by atoms with van der Waals surface area (Å²) in [5.41, 5.74) is 8.40. The van der Waals surface area contributed by atoms with Crippen LogP contribution in [0.2, 0.25) is 0 Å². The highest BCUT2D eigenvalue weighted by Gasteiger charge is 2.04. The van der Waals surface area contributed by atoms with Crippen molar-refractivity contribution in [1.29, 1.82) is 0 Å². The summed E-state index contributed by atoms with van der Waals surface area (Å²) >= 11 is 0. The molecule has 0 fully saturated rings. The van der Waals surface area contributed by atoms with Crippen molar-refractivity contribution in [3.63, 3.8) is 0 Å². The van der Waals surface area contributed by atoms with Crippen molar-refractivity contribution in [3.05, 3.63) is 29.3 Å². The van der Waals surface area contributed by atoms with E-state index in [-0.39, 0.29) is 6.42 Å². The minimum Gasteiger partial charge on any atom is -0.481 e. The third-order valence-corrected chi connectivity index (χ3v) is 2.04. The van der Waals surface area contributed by atoms with Crippen LogP contribution in [0.1, 0.15) is 17.5 Å². The maximum absolute atomic E-state index is 10.4. The average molecular weight is 179 g/mol. The zero-order valence-electron chi connectivity index (χ0n) is 7.58. The summed E-state index contributed by atoms with van der Waals surface area (Å²) in [6, 6.07) is 5.60. The molecule has 1 aromatic carbocycles. The Balaban J connectivity index is 2.81. The van der Waals surface area contributed by atoms with Crippen molar-refractivity contribution in [2.24, 2.45) is 0 Å². The molecule has 0 aliphatic heterocycles. The molecular formula is C10H13NO2. The van der Waals surface area contributed by atoms with Gasteiger partial charge in [0.2, 0.25) is 0 Å². The van der Waals surface area contributed by atoms with Gasteiger partial charge in [0.05, 0.1) is 0 Å². The maximum Gasteiger partial charge on any atom is 0.303 e. The monoisotopic (exact) mass is 179 g/mol. The molecule has 0 radical (unpaired) electrons. The van der Waals surface area contributed by atoms with Crippen LogP contribution in [-0.2, 0) is 11.2 Å². The first-order valence-electron chi connectivity index (χ1n) is 4.17. The van der Waals surface area contributed by atoms with E-state index in [1.807, 2.05) is 19.1 Å². The Kier molecular flexibility index (Phi) is 2.90. The second kappa shape index (κ2) is 3.94. The number of carboxylic acids is 1. The van der Waals surface area contributed by atoms with Gasteiger partial charge in [-0.3, -0.25) is 4.79 Å². The Labute approximate surface area is 77.2 Å². The van der Waals surface area contributed by atoms with Crippen LogP contribution in [0.4, 0.5) is 5.69 Å². The molecule has 0 aromatic heterocycles. The molecule has 1 rings (SSSR count). The summed E-state index contributed by atoms with van der Waals surface area (Å²) in [6.45, 7) is 1.94. The van der Waals surface area contributed by atoms with Crippen molar-refractivity contribution in [2.45, 2.75) is 19.8 Å². The van der Waals surface area contributed by atoms with Crippen molar-refractivity contribution in [2.75, 3.05) is 5.73 Å². The Morgan fingerprint density at radius 3 is 2.77 bits per heavy atom. The summed E-state index contributed by atoms with van der Waals surface area (Å²) in [6.07, 6.45) is 0.642. The number of rotatable bonds is 3. The average Bonchev–Trinajstić information content (AvgIpc) is 2.03. The van der Waals surface area contributed by atoms with Gasteiger partial charge in [0.25, 0.3) is 0 Å². The standard InChI is InChI=1S/C10H13NO2/c1-7-3-2-4-9(11)8(7)5-6-10(12)13/h2-4H,5-6,11H2,1H3,(H,12,13). The number of nitrogen functional groups attached to an aromatic ring is 1. The number of hydrogen-bond donors (Lipinski definition) is 2. The Hall–Kier alpha value is -1.51. The molecule has 3 nitrogen and oxygen atoms in total. The van der Waals surface area contributed by atoms with E-state index in [4.69, 9.17) is 10.8 Å². The quantitative estimate of drug-likeness (QED) is 0.692. The minimum absolute atomic E-state index is 0.134. The number of nitrogens with two attached hydrogens (primary N) is 1. The summed E-state index contributed by atoms with van der Waals surface area (Å²) < 4.78 is 0. The molecule has 0 spiro atoms. The van der Waals surface area contributed by atoms with Gasteiger partial charge in [-0.25, -0.2) is 0 Å². The van der Waals surface area contributed by atoms with Crippen molar-refractivity contribution in [3.8, 4) is 0 Å². The zero-order valence-corrected chi connectivity index (χ0v) is 7.58. The fourth-order valence-corrected chi connectivity index (χ4v) is 1.30. The molecule has 0 saturated heterocycles. The highest BCUT2D eigenvalue weighted by Crippen LogP contribution is 2.17. The highest BCUT2D eigenvalue weighted by atomic mass is 16.4. The molecule has 0 bridgehead atoms. The fourth-order valence-electron chi connectivity index (χ4n) is 1.30. The number of aryl methyl sites for hydroxylation is 1. The maximum atomic E-state index is 10.4. The van der Waals surface area contributed by atoms with Gasteiger partial charge >= 0.3 is 5.97 Å². The predicted octanol–water partition coefficient (Wildman–Crippen LogP) is 1.59. The third kappa shape index (κ3) is 2.47. The molecule has 1 aromatic rings. The van der Waals surface area contributed by atoms with Gasteiger partial charge < -0.3 is 10.8 Å². The second-order valence-electron chi connectivity index (χ2n) is 3.04. The molecule has 3 heteroatoms. The molecular weight excluding hydrogens is 166 g/mol. The normalized spacial score (nSPS) is 9.92. The van der Waals surface area contributed by atoms with Gasteiger partial charge in [-0.05, 0) is 30.5 Å². The molecule has 0 aliphatic rings. The second-order valence-corrected chi connectivity index (χ2v) is 3.04. The van der Waals surface area contributed by atoms with E-state index in [1.165, 1.54) is 0 Å². The van der Waals surface area contributed by atoms with Crippen LogP contribution < -0.4 is 5.73 Å². The number of anilines is 1. The lowest BCUT2D eigenvalue weighted by atomic mass is 10.0. The molecule has 0 saturated carbocycles. The van der Waals surface area contributed by atoms with Gasteiger partial charge in [0.1, 0.15) is 0 Å². The largest absolute Gasteiger partial charge is 0.481 e. The van der Waals surface area contributed by atoms with Gasteiger partial charge in [-0.15, -0.1) is 0 Å². The first-order valence-corrected chi connectivity index (χ1v) is 4.17. The van der Waals surface area contributed by atoms with E-state index < -0.39 is 5.97 Å². The molecule has 70 valence electrons. The molecule has 0 aliphatic carbocycles. The molecule has 3 N–H and O–H groups in total. The van der Waals surface area contributed by atoms with Gasteiger partial charge in [-0.1, -0.05) is 12.1 Å². The summed E-state index contributed by atoms with van der Waals surface area (Å²) in [7, 11) is 0. The number of aliphatic carboxylic acids is 1. The first kappa shape index (κ1) is 9.58. The van der Waals surface area contributed by atoms with Crippen molar-refractivity contribution >= 4 is 11.7 Å². The van der Waals surface area contributed by atoms with Crippen LogP contribution in [-0.4, -0.2) is 11.1 Å². The summed E-state index contributed by atoms with van der Waals surface area (Å²) in [4.78, 5) is 10.4. The highest BCUT2D eigenvalue weighted by molar-refractivity contribution is 5.67. The van der Waals surface area contributed by atoms with Crippen LogP contribution in [0.3, 0.4) is 0 Å². The van der Waals surface area contributed by atoms with E-state index in [0.717, 1.165) is 11.1 Å². The number of hydrogen-bond acceptors (Lipinski definition) is 2. The molecule has 0 unspecified atom stereocenters. The van der Waals surface area contributed by atoms with Crippen LogP contribution in [0, 0.1) is 6.92 Å². The topological polar surface area (TPSA) is 63.3 Å². The number of benzene rings is 1. The lowest BCUT2D eigenvalue weighted by Gasteiger charge is -2.06. The van der Waals surface area contributed by atoms with E-state index in [1.54, 1.807) is 6.07 Å². The first-order chi connectivity index (χ1) is 6.11. The summed E-state index contributed by atoms with van der Waals surface area (Å²) in [5.74, 6) is -0.789. The van der Waals surface area contributed by atoms with Crippen LogP contribution in [0.5, 0.6) is 0 Å². The van der Waals surface area contributed by atoms with Crippen molar-refractivity contribution in [1.82, 2.24) is 0 Å². The Morgan fingerprint density at radius 2 is 2.23 bits per heavy atom. The number of carbonyl (C=O) groups is 1. The third-order valence-electron chi connectivity index (χ3n) is 2.04. The Bertz CT molecular complexity index is 300. The smallest absolute Gasteiger partial charge is 0.303 e. The van der Waals surface area contributed by atoms with Gasteiger partial charge in [0.15, 0.2) is 0 Å². The van der Waals surface area contributed by atoms with Gasteiger partial charge in [0, 0.05) is 12.1 Å². The summed E-state index contributed by atoms with van der Waals surface area (Å²) in [5, 5.41) is 8.52. The molecule has 0 atom stereocenters. The van der Waals surface area contributed by atoms with E-state index in [9.17, 15) is 4.79 Å². The van der Waals surface area contributed by atoms with E-state index in [2.05, 4.69) is 0 Å². The van der Waals surface area contributed by atoms with E-state index in [0.29, 0.717) is 12.1 Å². The zero-order chi connectivity index (χ0) is 9.84. The Morgan fingerprint density at radius 1 is 1.54 bits per heavy atom.